The topological polar surface area (TPSA) is 88.3 Å². The van der Waals surface area contributed by atoms with E-state index in [4.69, 9.17) is 4.52 Å². The van der Waals surface area contributed by atoms with Crippen molar-refractivity contribution in [3.8, 4) is 11.5 Å². The summed E-state index contributed by atoms with van der Waals surface area (Å²) >= 11 is 0. The average molecular weight is 430 g/mol. The quantitative estimate of drug-likeness (QED) is 0.675. The number of halogens is 3. The molecule has 0 saturated carbocycles. The van der Waals surface area contributed by atoms with Crippen LogP contribution in [0, 0.1) is 12.8 Å². The number of aromatic nitrogens is 2. The molecule has 1 aromatic heterocycles. The number of rotatable bonds is 4. The first kappa shape index (κ1) is 20.6. The summed E-state index contributed by atoms with van der Waals surface area (Å²) in [5, 5.41) is 6.50. The van der Waals surface area contributed by atoms with Crippen LogP contribution in [0.3, 0.4) is 0 Å². The first-order valence-electron chi connectivity index (χ1n) is 9.40. The van der Waals surface area contributed by atoms with Gasteiger partial charge in [-0.3, -0.25) is 9.59 Å². The Morgan fingerprint density at radius 3 is 2.68 bits per heavy atom. The monoisotopic (exact) mass is 430 g/mol. The van der Waals surface area contributed by atoms with Gasteiger partial charge in [0.2, 0.25) is 11.8 Å². The highest BCUT2D eigenvalue weighted by Crippen LogP contribution is 2.34. The van der Waals surface area contributed by atoms with E-state index in [1.165, 1.54) is 17.0 Å². The Morgan fingerprint density at radius 2 is 1.97 bits per heavy atom. The maximum atomic E-state index is 13.0. The number of nitrogens with zero attached hydrogens (tertiary/aromatic N) is 3. The van der Waals surface area contributed by atoms with Crippen LogP contribution in [0.4, 0.5) is 24.5 Å². The van der Waals surface area contributed by atoms with E-state index >= 15 is 0 Å². The third-order valence-corrected chi connectivity index (χ3v) is 4.92. The molecule has 2 aromatic carbocycles. The summed E-state index contributed by atoms with van der Waals surface area (Å²) in [6.07, 6.45) is -4.63. The lowest BCUT2D eigenvalue weighted by Crippen LogP contribution is -2.28. The van der Waals surface area contributed by atoms with Crippen molar-refractivity contribution < 1.29 is 27.3 Å². The summed E-state index contributed by atoms with van der Waals surface area (Å²) < 4.78 is 44.1. The number of benzene rings is 2. The second kappa shape index (κ2) is 7.86. The molecule has 160 valence electrons. The predicted molar refractivity (Wildman–Crippen MR) is 105 cm³/mol. The van der Waals surface area contributed by atoms with Gasteiger partial charge >= 0.3 is 6.18 Å². The molecule has 2 heterocycles. The number of para-hydroxylation sites is 1. The van der Waals surface area contributed by atoms with Crippen LogP contribution in [-0.4, -0.2) is 28.5 Å². The Hall–Kier alpha value is -3.69. The second-order valence-electron chi connectivity index (χ2n) is 7.14. The predicted octanol–water partition coefficient (Wildman–Crippen LogP) is 4.06. The molecule has 0 bridgehead atoms. The molecule has 0 spiro atoms. The molecule has 1 saturated heterocycles. The number of hydrogen-bond acceptors (Lipinski definition) is 5. The molecule has 1 fully saturated rings. The molecule has 1 aliphatic rings. The minimum atomic E-state index is -4.52. The minimum Gasteiger partial charge on any atom is -0.334 e. The van der Waals surface area contributed by atoms with E-state index in [1.807, 2.05) is 0 Å². The van der Waals surface area contributed by atoms with E-state index in [0.29, 0.717) is 17.1 Å². The molecule has 7 nitrogen and oxygen atoms in total. The van der Waals surface area contributed by atoms with Gasteiger partial charge in [-0.05, 0) is 37.3 Å². The van der Waals surface area contributed by atoms with E-state index < -0.39 is 29.5 Å². The first-order chi connectivity index (χ1) is 14.7. The van der Waals surface area contributed by atoms with Gasteiger partial charge in [-0.2, -0.15) is 18.2 Å². The van der Waals surface area contributed by atoms with E-state index in [9.17, 15) is 22.8 Å². The summed E-state index contributed by atoms with van der Waals surface area (Å²) in [6.45, 7) is 1.65. The van der Waals surface area contributed by atoms with E-state index in [0.717, 1.165) is 12.1 Å². The van der Waals surface area contributed by atoms with Crippen molar-refractivity contribution in [2.75, 3.05) is 16.8 Å². The molecule has 0 aliphatic carbocycles. The first-order valence-corrected chi connectivity index (χ1v) is 9.40. The molecule has 31 heavy (non-hydrogen) atoms. The van der Waals surface area contributed by atoms with Crippen molar-refractivity contribution in [3.63, 3.8) is 0 Å². The fraction of sp³-hybridized carbons (Fsp3) is 0.238. The number of aryl methyl sites for hydroxylation is 1. The third kappa shape index (κ3) is 4.27. The zero-order chi connectivity index (χ0) is 22.2. The number of nitrogens with one attached hydrogen (secondary N) is 1. The third-order valence-electron chi connectivity index (χ3n) is 4.92. The highest BCUT2D eigenvalue weighted by molar-refractivity contribution is 6.04. The van der Waals surface area contributed by atoms with Gasteiger partial charge < -0.3 is 14.7 Å². The highest BCUT2D eigenvalue weighted by atomic mass is 19.4. The zero-order valence-electron chi connectivity index (χ0n) is 16.3. The zero-order valence-corrected chi connectivity index (χ0v) is 16.3. The maximum Gasteiger partial charge on any atom is 0.416 e. The fourth-order valence-electron chi connectivity index (χ4n) is 3.40. The van der Waals surface area contributed by atoms with Crippen LogP contribution in [0.1, 0.15) is 17.8 Å². The Labute approximate surface area is 174 Å². The summed E-state index contributed by atoms with van der Waals surface area (Å²) in [5.41, 5.74) is 0.211. The van der Waals surface area contributed by atoms with Gasteiger partial charge in [-0.25, -0.2) is 0 Å². The van der Waals surface area contributed by atoms with Crippen molar-refractivity contribution in [2.24, 2.45) is 5.92 Å². The summed E-state index contributed by atoms with van der Waals surface area (Å²) in [5.74, 6) is -0.887. The largest absolute Gasteiger partial charge is 0.416 e. The van der Waals surface area contributed by atoms with Crippen LogP contribution in [0.25, 0.3) is 11.5 Å². The summed E-state index contributed by atoms with van der Waals surface area (Å²) in [7, 11) is 0. The lowest BCUT2D eigenvalue weighted by atomic mass is 10.1. The van der Waals surface area contributed by atoms with Crippen molar-refractivity contribution in [1.82, 2.24) is 10.1 Å². The van der Waals surface area contributed by atoms with Crippen LogP contribution < -0.4 is 10.2 Å². The van der Waals surface area contributed by atoms with Crippen LogP contribution in [0.5, 0.6) is 0 Å². The normalized spacial score (nSPS) is 16.6. The number of amides is 2. The molecule has 0 radical (unpaired) electrons. The minimum absolute atomic E-state index is 0.0200. The van der Waals surface area contributed by atoms with Crippen LogP contribution in [0.2, 0.25) is 0 Å². The smallest absolute Gasteiger partial charge is 0.334 e. The van der Waals surface area contributed by atoms with Gasteiger partial charge in [-0.15, -0.1) is 0 Å². The van der Waals surface area contributed by atoms with Gasteiger partial charge in [0.25, 0.3) is 5.89 Å². The number of anilines is 2. The average Bonchev–Trinajstić information content (AvgIpc) is 3.33. The Bertz CT molecular complexity index is 1140. The Kier molecular flexibility index (Phi) is 5.22. The van der Waals surface area contributed by atoms with Crippen molar-refractivity contribution >= 4 is 23.2 Å². The highest BCUT2D eigenvalue weighted by Gasteiger charge is 2.37. The standard InChI is InChI=1S/C21H17F3N4O3/c1-12-25-20(31-27-12)16-7-2-3-8-17(16)26-19(30)13-9-18(29)28(11-13)15-6-4-5-14(10-15)21(22,23)24/h2-8,10,13H,9,11H2,1H3,(H,26,30)/t13-/m0/s1. The van der Waals surface area contributed by atoms with Crippen LogP contribution in [0.15, 0.2) is 53.1 Å². The van der Waals surface area contributed by atoms with Crippen LogP contribution in [-0.2, 0) is 15.8 Å². The molecule has 10 heteroatoms. The van der Waals surface area contributed by atoms with Crippen molar-refractivity contribution in [1.29, 1.82) is 0 Å². The molecular formula is C21H17F3N4O3. The maximum absolute atomic E-state index is 13.0. The summed E-state index contributed by atoms with van der Waals surface area (Å²) in [6, 6.07) is 11.3. The molecule has 1 atom stereocenters. The van der Waals surface area contributed by atoms with E-state index in [-0.39, 0.29) is 24.5 Å². The molecule has 3 aromatic rings. The molecule has 1 N–H and O–H groups in total. The van der Waals surface area contributed by atoms with E-state index in [1.54, 1.807) is 31.2 Å². The Morgan fingerprint density at radius 1 is 1.19 bits per heavy atom. The van der Waals surface area contributed by atoms with E-state index in [2.05, 4.69) is 15.5 Å². The van der Waals surface area contributed by atoms with Gasteiger partial charge in [0.05, 0.1) is 22.7 Å². The lowest BCUT2D eigenvalue weighted by Gasteiger charge is -2.18. The molecule has 0 unspecified atom stereocenters. The lowest BCUT2D eigenvalue weighted by molar-refractivity contribution is -0.137. The van der Waals surface area contributed by atoms with Gasteiger partial charge in [0.1, 0.15) is 0 Å². The molecule has 2 amide bonds. The number of alkyl halides is 3. The fourth-order valence-corrected chi connectivity index (χ4v) is 3.40. The number of hydrogen-bond donors (Lipinski definition) is 1. The number of carbonyl (C=O) groups is 2. The van der Waals surface area contributed by atoms with Crippen molar-refractivity contribution in [2.45, 2.75) is 19.5 Å². The number of carbonyl (C=O) groups excluding carboxylic acids is 2. The van der Waals surface area contributed by atoms with Crippen LogP contribution >= 0.6 is 0 Å². The van der Waals surface area contributed by atoms with Crippen molar-refractivity contribution in [3.05, 3.63) is 59.9 Å². The Balaban J connectivity index is 1.51. The molecular weight excluding hydrogens is 413 g/mol. The van der Waals surface area contributed by atoms with Gasteiger partial charge in [0, 0.05) is 18.7 Å². The SMILES string of the molecule is Cc1noc(-c2ccccc2NC(=O)[C@H]2CC(=O)N(c3cccc(C(F)(F)F)c3)C2)n1. The molecule has 1 aliphatic heterocycles. The van der Waals surface area contributed by atoms with Gasteiger partial charge in [0.15, 0.2) is 5.82 Å². The van der Waals surface area contributed by atoms with Gasteiger partial charge in [-0.1, -0.05) is 23.4 Å². The summed E-state index contributed by atoms with van der Waals surface area (Å²) in [4.78, 5) is 30.6. The molecule has 4 rings (SSSR count). The second-order valence-corrected chi connectivity index (χ2v) is 7.14.